The maximum Gasteiger partial charge on any atom is 0.335 e. The van der Waals surface area contributed by atoms with Crippen molar-refractivity contribution >= 4 is 21.7 Å². The summed E-state index contributed by atoms with van der Waals surface area (Å²) in [6.07, 6.45) is -0.198. The van der Waals surface area contributed by atoms with Crippen LogP contribution in [0.15, 0.2) is 23.1 Å². The molecule has 0 bridgehead atoms. The van der Waals surface area contributed by atoms with Crippen LogP contribution in [0.25, 0.3) is 0 Å². The molecular formula is C13H17NO6S. The number of aromatic carboxylic acids is 1. The zero-order chi connectivity index (χ0) is 16.0. The molecule has 1 aromatic carbocycles. The van der Waals surface area contributed by atoms with Crippen molar-refractivity contribution in [3.63, 3.8) is 0 Å². The SMILES string of the molecule is CCNC(=O)CCS(=O)(=O)c1cc(C(=O)O)ccc1OC. The Morgan fingerprint density at radius 3 is 2.52 bits per heavy atom. The van der Waals surface area contributed by atoms with Crippen molar-refractivity contribution in [2.75, 3.05) is 19.4 Å². The van der Waals surface area contributed by atoms with E-state index in [2.05, 4.69) is 5.32 Å². The molecule has 1 amide bonds. The smallest absolute Gasteiger partial charge is 0.335 e. The predicted octanol–water partition coefficient (Wildman–Crippen LogP) is 0.693. The maximum absolute atomic E-state index is 12.2. The second-order valence-corrected chi connectivity index (χ2v) is 6.27. The number of methoxy groups -OCH3 is 1. The van der Waals surface area contributed by atoms with Crippen LogP contribution >= 0.6 is 0 Å². The molecular weight excluding hydrogens is 298 g/mol. The normalized spacial score (nSPS) is 11.0. The number of nitrogens with one attached hydrogen (secondary N) is 1. The number of hydrogen-bond donors (Lipinski definition) is 2. The van der Waals surface area contributed by atoms with Gasteiger partial charge in [-0.3, -0.25) is 4.79 Å². The van der Waals surface area contributed by atoms with Gasteiger partial charge in [-0.1, -0.05) is 0 Å². The highest BCUT2D eigenvalue weighted by molar-refractivity contribution is 7.91. The van der Waals surface area contributed by atoms with Gasteiger partial charge in [-0.2, -0.15) is 0 Å². The van der Waals surface area contributed by atoms with Crippen LogP contribution in [-0.2, 0) is 14.6 Å². The fourth-order valence-electron chi connectivity index (χ4n) is 1.68. The minimum Gasteiger partial charge on any atom is -0.495 e. The molecule has 0 spiro atoms. The lowest BCUT2D eigenvalue weighted by Crippen LogP contribution is -2.25. The van der Waals surface area contributed by atoms with Crippen LogP contribution in [0, 0.1) is 0 Å². The monoisotopic (exact) mass is 315 g/mol. The first-order chi connectivity index (χ1) is 9.81. The van der Waals surface area contributed by atoms with Gasteiger partial charge in [-0.25, -0.2) is 13.2 Å². The van der Waals surface area contributed by atoms with Crippen molar-refractivity contribution in [2.45, 2.75) is 18.2 Å². The average Bonchev–Trinajstić information content (AvgIpc) is 2.44. The number of hydrogen-bond acceptors (Lipinski definition) is 5. The number of benzene rings is 1. The minimum atomic E-state index is -3.82. The Hall–Kier alpha value is -2.09. The van der Waals surface area contributed by atoms with Crippen molar-refractivity contribution in [3.05, 3.63) is 23.8 Å². The Morgan fingerprint density at radius 2 is 2.00 bits per heavy atom. The molecule has 1 rings (SSSR count). The third-order valence-electron chi connectivity index (χ3n) is 2.72. The van der Waals surface area contributed by atoms with Crippen LogP contribution in [0.4, 0.5) is 0 Å². The molecule has 0 aliphatic heterocycles. The molecule has 2 N–H and O–H groups in total. The summed E-state index contributed by atoms with van der Waals surface area (Å²) in [6, 6.07) is 3.57. The lowest BCUT2D eigenvalue weighted by Gasteiger charge is -2.10. The average molecular weight is 315 g/mol. The van der Waals surface area contributed by atoms with E-state index in [0.717, 1.165) is 6.07 Å². The van der Waals surface area contributed by atoms with Gasteiger partial charge in [0.25, 0.3) is 0 Å². The fourth-order valence-corrected chi connectivity index (χ4v) is 3.11. The summed E-state index contributed by atoms with van der Waals surface area (Å²) in [4.78, 5) is 22.1. The van der Waals surface area contributed by atoms with Crippen LogP contribution in [0.5, 0.6) is 5.75 Å². The first-order valence-electron chi connectivity index (χ1n) is 6.22. The number of carboxylic acids is 1. The molecule has 0 saturated heterocycles. The third kappa shape index (κ3) is 4.45. The lowest BCUT2D eigenvalue weighted by molar-refractivity contribution is -0.120. The van der Waals surface area contributed by atoms with E-state index in [-0.39, 0.29) is 28.5 Å². The Morgan fingerprint density at radius 1 is 1.33 bits per heavy atom. The summed E-state index contributed by atoms with van der Waals surface area (Å²) in [5.74, 6) is -1.98. The minimum absolute atomic E-state index is 0.0518. The Balaban J connectivity index is 3.08. The topological polar surface area (TPSA) is 110 Å². The molecule has 0 aliphatic rings. The van der Waals surface area contributed by atoms with Crippen LogP contribution in [0.1, 0.15) is 23.7 Å². The van der Waals surface area contributed by atoms with Gasteiger partial charge < -0.3 is 15.2 Å². The predicted molar refractivity (Wildman–Crippen MR) is 75.3 cm³/mol. The van der Waals surface area contributed by atoms with Crippen molar-refractivity contribution in [1.82, 2.24) is 5.32 Å². The summed E-state index contributed by atoms with van der Waals surface area (Å²) in [5, 5.41) is 11.4. The van der Waals surface area contributed by atoms with Gasteiger partial charge in [0.05, 0.1) is 18.4 Å². The molecule has 8 heteroatoms. The van der Waals surface area contributed by atoms with Gasteiger partial charge in [-0.15, -0.1) is 0 Å². The summed E-state index contributed by atoms with van der Waals surface area (Å²) in [5.41, 5.74) is -0.160. The Labute approximate surface area is 122 Å². The van der Waals surface area contributed by atoms with Crippen LogP contribution in [0.3, 0.4) is 0 Å². The first kappa shape index (κ1) is 17.0. The molecule has 7 nitrogen and oxygen atoms in total. The molecule has 0 fully saturated rings. The summed E-state index contributed by atoms with van der Waals surface area (Å²) < 4.78 is 29.4. The van der Waals surface area contributed by atoms with E-state index < -0.39 is 21.6 Å². The summed E-state index contributed by atoms with van der Waals surface area (Å²) in [7, 11) is -2.53. The van der Waals surface area contributed by atoms with Crippen molar-refractivity contribution in [3.8, 4) is 5.75 Å². The van der Waals surface area contributed by atoms with E-state index in [1.54, 1.807) is 6.92 Å². The lowest BCUT2D eigenvalue weighted by atomic mass is 10.2. The zero-order valence-electron chi connectivity index (χ0n) is 11.8. The largest absolute Gasteiger partial charge is 0.495 e. The number of sulfone groups is 1. The molecule has 0 aromatic heterocycles. The number of carboxylic acid groups (broad SMARTS) is 1. The Kier molecular flexibility index (Phi) is 5.71. The van der Waals surface area contributed by atoms with Crippen LogP contribution < -0.4 is 10.1 Å². The van der Waals surface area contributed by atoms with E-state index in [0.29, 0.717) is 6.54 Å². The van der Waals surface area contributed by atoms with Gasteiger partial charge in [0.2, 0.25) is 5.91 Å². The van der Waals surface area contributed by atoms with Gasteiger partial charge in [0, 0.05) is 13.0 Å². The van der Waals surface area contributed by atoms with E-state index in [4.69, 9.17) is 9.84 Å². The number of carbonyl (C=O) groups is 2. The number of amides is 1. The zero-order valence-corrected chi connectivity index (χ0v) is 12.6. The molecule has 0 heterocycles. The van der Waals surface area contributed by atoms with Crippen LogP contribution in [-0.4, -0.2) is 44.8 Å². The number of ether oxygens (including phenoxy) is 1. The highest BCUT2D eigenvalue weighted by Crippen LogP contribution is 2.26. The number of carbonyl (C=O) groups excluding carboxylic acids is 1. The van der Waals surface area contributed by atoms with Gasteiger partial charge in [-0.05, 0) is 25.1 Å². The second kappa shape index (κ2) is 7.07. The van der Waals surface area contributed by atoms with Gasteiger partial charge in [0.15, 0.2) is 9.84 Å². The summed E-state index contributed by atoms with van der Waals surface area (Å²) in [6.45, 7) is 2.14. The quantitative estimate of drug-likeness (QED) is 0.766. The molecule has 0 aliphatic carbocycles. The van der Waals surface area contributed by atoms with Gasteiger partial charge in [0.1, 0.15) is 10.6 Å². The fraction of sp³-hybridized carbons (Fsp3) is 0.385. The molecule has 1 aromatic rings. The van der Waals surface area contributed by atoms with Crippen molar-refractivity contribution in [2.24, 2.45) is 0 Å². The summed E-state index contributed by atoms with van der Waals surface area (Å²) >= 11 is 0. The number of rotatable bonds is 7. The highest BCUT2D eigenvalue weighted by atomic mass is 32.2. The van der Waals surface area contributed by atoms with Crippen molar-refractivity contribution in [1.29, 1.82) is 0 Å². The maximum atomic E-state index is 12.2. The molecule has 0 atom stereocenters. The second-order valence-electron chi connectivity index (χ2n) is 4.19. The molecule has 116 valence electrons. The highest BCUT2D eigenvalue weighted by Gasteiger charge is 2.22. The molecule has 0 saturated carbocycles. The molecule has 0 radical (unpaired) electrons. The van der Waals surface area contributed by atoms with Crippen molar-refractivity contribution < 1.29 is 27.9 Å². The van der Waals surface area contributed by atoms with Gasteiger partial charge >= 0.3 is 5.97 Å². The van der Waals surface area contributed by atoms with E-state index in [1.165, 1.54) is 19.2 Å². The third-order valence-corrected chi connectivity index (χ3v) is 4.45. The van der Waals surface area contributed by atoms with E-state index in [1.807, 2.05) is 0 Å². The van der Waals surface area contributed by atoms with E-state index >= 15 is 0 Å². The van der Waals surface area contributed by atoms with Crippen LogP contribution in [0.2, 0.25) is 0 Å². The standard InChI is InChI=1S/C13H17NO6S/c1-3-14-12(15)6-7-21(18,19)11-8-9(13(16)17)4-5-10(11)20-2/h4-5,8H,3,6-7H2,1-2H3,(H,14,15)(H,16,17). The van der Waals surface area contributed by atoms with E-state index in [9.17, 15) is 18.0 Å². The first-order valence-corrected chi connectivity index (χ1v) is 7.87. The molecule has 21 heavy (non-hydrogen) atoms. The Bertz CT molecular complexity index is 638. The molecule has 0 unspecified atom stereocenters.